The summed E-state index contributed by atoms with van der Waals surface area (Å²) in [4.78, 5) is 24.2. The second-order valence-electron chi connectivity index (χ2n) is 6.14. The molecule has 2 aromatic rings. The van der Waals surface area contributed by atoms with Gasteiger partial charge in [0.2, 0.25) is 0 Å². The van der Waals surface area contributed by atoms with Crippen molar-refractivity contribution in [2.24, 2.45) is 0 Å². The number of ether oxygens (including phenoxy) is 2. The summed E-state index contributed by atoms with van der Waals surface area (Å²) in [5.74, 6) is -1.00. The van der Waals surface area contributed by atoms with Gasteiger partial charge in [0.25, 0.3) is 0 Å². The third-order valence-electron chi connectivity index (χ3n) is 4.50. The van der Waals surface area contributed by atoms with E-state index in [0.717, 1.165) is 25.7 Å². The maximum atomic E-state index is 12.2. The van der Waals surface area contributed by atoms with Gasteiger partial charge < -0.3 is 19.8 Å². The number of nitriles is 1. The Morgan fingerprint density at radius 1 is 1.19 bits per heavy atom. The van der Waals surface area contributed by atoms with E-state index in [1.165, 1.54) is 17.9 Å². The highest BCUT2D eigenvalue weighted by atomic mass is 16.5. The van der Waals surface area contributed by atoms with Gasteiger partial charge in [-0.05, 0) is 49.9 Å². The van der Waals surface area contributed by atoms with Crippen molar-refractivity contribution in [3.8, 4) is 11.8 Å². The Hall–Kier alpha value is -3.27. The molecule has 7 nitrogen and oxygen atoms in total. The van der Waals surface area contributed by atoms with E-state index in [0.29, 0.717) is 11.3 Å². The summed E-state index contributed by atoms with van der Waals surface area (Å²) in [6, 6.07) is 8.52. The molecule has 2 N–H and O–H groups in total. The fourth-order valence-electron chi connectivity index (χ4n) is 3.10. The number of methoxy groups -OCH3 is 1. The molecule has 3 rings (SSSR count). The molecular weight excluding hydrogens is 334 g/mol. The minimum atomic E-state index is -0.645. The molecule has 1 aromatic heterocycles. The SMILES string of the molecule is COC(=O)c1c(N)c(C#N)cn1-c1ccc(C(=O)OC2CCCC2)cc1. The highest BCUT2D eigenvalue weighted by Gasteiger charge is 2.23. The van der Waals surface area contributed by atoms with Gasteiger partial charge in [0.1, 0.15) is 12.2 Å². The molecule has 0 radical (unpaired) electrons. The van der Waals surface area contributed by atoms with Crippen LogP contribution in [-0.4, -0.2) is 29.7 Å². The number of hydrogen-bond acceptors (Lipinski definition) is 6. The van der Waals surface area contributed by atoms with Gasteiger partial charge >= 0.3 is 11.9 Å². The van der Waals surface area contributed by atoms with Crippen LogP contribution in [0.15, 0.2) is 30.5 Å². The Morgan fingerprint density at radius 2 is 1.85 bits per heavy atom. The van der Waals surface area contributed by atoms with Crippen LogP contribution >= 0.6 is 0 Å². The zero-order valence-electron chi connectivity index (χ0n) is 14.4. The molecule has 1 fully saturated rings. The topological polar surface area (TPSA) is 107 Å². The van der Waals surface area contributed by atoms with E-state index in [2.05, 4.69) is 0 Å². The summed E-state index contributed by atoms with van der Waals surface area (Å²) < 4.78 is 11.7. The summed E-state index contributed by atoms with van der Waals surface area (Å²) in [5, 5.41) is 9.15. The Morgan fingerprint density at radius 3 is 2.42 bits per heavy atom. The normalized spacial score (nSPS) is 14.0. The van der Waals surface area contributed by atoms with Gasteiger partial charge in [0.15, 0.2) is 5.69 Å². The largest absolute Gasteiger partial charge is 0.464 e. The Bertz CT molecular complexity index is 871. The Labute approximate surface area is 150 Å². The number of esters is 2. The quantitative estimate of drug-likeness (QED) is 0.847. The zero-order valence-corrected chi connectivity index (χ0v) is 14.4. The van der Waals surface area contributed by atoms with Crippen molar-refractivity contribution >= 4 is 17.6 Å². The smallest absolute Gasteiger partial charge is 0.357 e. The van der Waals surface area contributed by atoms with Crippen LogP contribution in [0, 0.1) is 11.3 Å². The molecule has 7 heteroatoms. The fourth-order valence-corrected chi connectivity index (χ4v) is 3.10. The molecule has 0 atom stereocenters. The van der Waals surface area contributed by atoms with Crippen LogP contribution in [-0.2, 0) is 9.47 Å². The molecule has 26 heavy (non-hydrogen) atoms. The monoisotopic (exact) mass is 353 g/mol. The molecule has 0 spiro atoms. The first kappa shape index (κ1) is 17.5. The van der Waals surface area contributed by atoms with Crippen LogP contribution in [0.1, 0.15) is 52.1 Å². The van der Waals surface area contributed by atoms with E-state index in [4.69, 9.17) is 20.5 Å². The number of aromatic nitrogens is 1. The molecule has 1 aliphatic carbocycles. The van der Waals surface area contributed by atoms with Crippen LogP contribution in [0.5, 0.6) is 0 Å². The number of carbonyl (C=O) groups is 2. The summed E-state index contributed by atoms with van der Waals surface area (Å²) in [6.45, 7) is 0. The number of hydrogen-bond donors (Lipinski definition) is 1. The molecule has 0 unspecified atom stereocenters. The van der Waals surface area contributed by atoms with Gasteiger partial charge in [-0.25, -0.2) is 9.59 Å². The van der Waals surface area contributed by atoms with E-state index >= 15 is 0 Å². The minimum absolute atomic E-state index is 0.00413. The standard InChI is InChI=1S/C19H19N3O4/c1-25-19(24)17-16(21)13(10-20)11-22(17)14-8-6-12(7-9-14)18(23)26-15-4-2-3-5-15/h6-9,11,15H,2-5,21H2,1H3. The minimum Gasteiger partial charge on any atom is -0.464 e. The predicted octanol–water partition coefficient (Wildman–Crippen LogP) is 2.82. The lowest BCUT2D eigenvalue weighted by molar-refractivity contribution is 0.0317. The lowest BCUT2D eigenvalue weighted by Gasteiger charge is -2.12. The average Bonchev–Trinajstić information content (AvgIpc) is 3.28. The lowest BCUT2D eigenvalue weighted by Crippen LogP contribution is -2.15. The van der Waals surface area contributed by atoms with E-state index in [9.17, 15) is 9.59 Å². The molecular formula is C19H19N3O4. The van der Waals surface area contributed by atoms with Crippen molar-refractivity contribution in [3.63, 3.8) is 0 Å². The maximum absolute atomic E-state index is 12.2. The summed E-state index contributed by atoms with van der Waals surface area (Å²) in [6.07, 6.45) is 5.45. The highest BCUT2D eigenvalue weighted by Crippen LogP contribution is 2.26. The summed E-state index contributed by atoms with van der Waals surface area (Å²) >= 11 is 0. The van der Waals surface area contributed by atoms with Crippen molar-refractivity contribution in [2.45, 2.75) is 31.8 Å². The average molecular weight is 353 g/mol. The van der Waals surface area contributed by atoms with E-state index < -0.39 is 5.97 Å². The molecule has 0 aliphatic heterocycles. The first-order valence-electron chi connectivity index (χ1n) is 8.35. The molecule has 1 heterocycles. The van der Waals surface area contributed by atoms with Crippen molar-refractivity contribution in [1.29, 1.82) is 5.26 Å². The van der Waals surface area contributed by atoms with Gasteiger partial charge in [0, 0.05) is 11.9 Å². The van der Waals surface area contributed by atoms with Gasteiger partial charge in [-0.3, -0.25) is 0 Å². The third-order valence-corrected chi connectivity index (χ3v) is 4.50. The summed E-state index contributed by atoms with van der Waals surface area (Å²) in [7, 11) is 1.24. The zero-order chi connectivity index (χ0) is 18.7. The number of nitrogen functional groups attached to an aromatic ring is 1. The van der Waals surface area contributed by atoms with Crippen molar-refractivity contribution < 1.29 is 19.1 Å². The molecule has 1 saturated carbocycles. The summed E-state index contributed by atoms with van der Waals surface area (Å²) in [5.41, 5.74) is 7.20. The van der Waals surface area contributed by atoms with Crippen LogP contribution in [0.25, 0.3) is 5.69 Å². The molecule has 1 aromatic carbocycles. The van der Waals surface area contributed by atoms with Crippen LogP contribution in [0.2, 0.25) is 0 Å². The number of nitrogens with zero attached hydrogens (tertiary/aromatic N) is 2. The second-order valence-corrected chi connectivity index (χ2v) is 6.14. The fraction of sp³-hybridized carbons (Fsp3) is 0.316. The molecule has 0 amide bonds. The molecule has 0 saturated heterocycles. The molecule has 134 valence electrons. The van der Waals surface area contributed by atoms with Crippen LogP contribution in [0.4, 0.5) is 5.69 Å². The van der Waals surface area contributed by atoms with Gasteiger partial charge in [-0.1, -0.05) is 0 Å². The van der Waals surface area contributed by atoms with Crippen LogP contribution in [0.3, 0.4) is 0 Å². The Kier molecular flexibility index (Phi) is 4.94. The van der Waals surface area contributed by atoms with Gasteiger partial charge in [-0.2, -0.15) is 5.26 Å². The Balaban J connectivity index is 1.88. The van der Waals surface area contributed by atoms with E-state index in [1.54, 1.807) is 24.3 Å². The van der Waals surface area contributed by atoms with Crippen molar-refractivity contribution in [2.75, 3.05) is 12.8 Å². The number of benzene rings is 1. The number of rotatable bonds is 4. The molecule has 0 bridgehead atoms. The number of nitrogens with two attached hydrogens (primary N) is 1. The predicted molar refractivity (Wildman–Crippen MR) is 93.9 cm³/mol. The first-order chi connectivity index (χ1) is 12.5. The van der Waals surface area contributed by atoms with E-state index in [-0.39, 0.29) is 29.0 Å². The van der Waals surface area contributed by atoms with Crippen LogP contribution < -0.4 is 5.73 Å². The lowest BCUT2D eigenvalue weighted by atomic mass is 10.2. The second kappa shape index (κ2) is 7.31. The number of carbonyl (C=O) groups excluding carboxylic acids is 2. The van der Waals surface area contributed by atoms with Gasteiger partial charge in [0.05, 0.1) is 23.9 Å². The number of anilines is 1. The maximum Gasteiger partial charge on any atom is 0.357 e. The van der Waals surface area contributed by atoms with Crippen molar-refractivity contribution in [3.05, 3.63) is 47.3 Å². The van der Waals surface area contributed by atoms with E-state index in [1.807, 2.05) is 6.07 Å². The third kappa shape index (κ3) is 3.26. The highest BCUT2D eigenvalue weighted by molar-refractivity contribution is 5.96. The van der Waals surface area contributed by atoms with Gasteiger partial charge in [-0.15, -0.1) is 0 Å². The van der Waals surface area contributed by atoms with Crippen molar-refractivity contribution in [1.82, 2.24) is 4.57 Å². The molecule has 1 aliphatic rings. The first-order valence-corrected chi connectivity index (χ1v) is 8.35.